The summed E-state index contributed by atoms with van der Waals surface area (Å²) in [6.07, 6.45) is 1.65. The quantitative estimate of drug-likeness (QED) is 0.612. The Morgan fingerprint density at radius 2 is 2.22 bits per heavy atom. The molecule has 0 amide bonds. The lowest BCUT2D eigenvalue weighted by molar-refractivity contribution is -0.117. The van der Waals surface area contributed by atoms with Gasteiger partial charge in [0.15, 0.2) is 0 Å². The Hall–Kier alpha value is -0.370. The highest BCUT2D eigenvalue weighted by atomic mass is 16.1. The van der Waals surface area contributed by atoms with Gasteiger partial charge in [-0.25, -0.2) is 0 Å². The monoisotopic (exact) mass is 129 g/mol. The minimum atomic E-state index is 0.275. The standard InChI is InChI=1S/C7H15NO/c1-6(8-3)4-5-7(2)9/h6,8H,4-5H2,1-3H3/t6-/m1/s1. The fourth-order valence-corrected chi connectivity index (χ4v) is 0.564. The number of rotatable bonds is 4. The van der Waals surface area contributed by atoms with Crippen LogP contribution in [-0.4, -0.2) is 18.9 Å². The topological polar surface area (TPSA) is 29.1 Å². The van der Waals surface area contributed by atoms with E-state index in [1.807, 2.05) is 7.05 Å². The number of carbonyl (C=O) groups is 1. The second-order valence-corrected chi connectivity index (χ2v) is 2.43. The molecule has 0 spiro atoms. The van der Waals surface area contributed by atoms with Crippen molar-refractivity contribution in [3.8, 4) is 0 Å². The van der Waals surface area contributed by atoms with Crippen molar-refractivity contribution >= 4 is 5.78 Å². The van der Waals surface area contributed by atoms with Gasteiger partial charge in [-0.2, -0.15) is 0 Å². The molecular formula is C7H15NO. The molecule has 0 aromatic heterocycles. The van der Waals surface area contributed by atoms with E-state index >= 15 is 0 Å². The highest BCUT2D eigenvalue weighted by molar-refractivity contribution is 5.75. The van der Waals surface area contributed by atoms with Crippen LogP contribution in [0.5, 0.6) is 0 Å². The Morgan fingerprint density at radius 1 is 1.67 bits per heavy atom. The summed E-state index contributed by atoms with van der Waals surface area (Å²) in [5, 5.41) is 3.07. The van der Waals surface area contributed by atoms with E-state index in [1.54, 1.807) is 6.92 Å². The first-order chi connectivity index (χ1) is 4.16. The minimum absolute atomic E-state index is 0.275. The second-order valence-electron chi connectivity index (χ2n) is 2.43. The third-order valence-electron chi connectivity index (χ3n) is 1.42. The van der Waals surface area contributed by atoms with Crippen LogP contribution in [0.25, 0.3) is 0 Å². The second kappa shape index (κ2) is 4.50. The maximum atomic E-state index is 10.4. The zero-order chi connectivity index (χ0) is 7.28. The maximum Gasteiger partial charge on any atom is 0.129 e. The first-order valence-corrected chi connectivity index (χ1v) is 3.33. The summed E-state index contributed by atoms with van der Waals surface area (Å²) in [6, 6.07) is 0.467. The lowest BCUT2D eigenvalue weighted by Gasteiger charge is -2.06. The molecule has 0 aliphatic heterocycles. The Bertz CT molecular complexity index is 90.9. The smallest absolute Gasteiger partial charge is 0.129 e. The van der Waals surface area contributed by atoms with E-state index in [-0.39, 0.29) is 5.78 Å². The molecular weight excluding hydrogens is 114 g/mol. The highest BCUT2D eigenvalue weighted by Gasteiger charge is 1.98. The summed E-state index contributed by atoms with van der Waals surface area (Å²) in [4.78, 5) is 10.4. The normalized spacial score (nSPS) is 13.2. The minimum Gasteiger partial charge on any atom is -0.317 e. The first kappa shape index (κ1) is 8.63. The van der Waals surface area contributed by atoms with Gasteiger partial charge < -0.3 is 10.1 Å². The summed E-state index contributed by atoms with van der Waals surface area (Å²) in [7, 11) is 1.91. The van der Waals surface area contributed by atoms with Gasteiger partial charge >= 0.3 is 0 Å². The van der Waals surface area contributed by atoms with E-state index in [4.69, 9.17) is 0 Å². The van der Waals surface area contributed by atoms with Crippen molar-refractivity contribution in [1.29, 1.82) is 0 Å². The highest BCUT2D eigenvalue weighted by Crippen LogP contribution is 1.95. The molecule has 1 atom stereocenters. The van der Waals surface area contributed by atoms with Gasteiger partial charge in [-0.15, -0.1) is 0 Å². The lowest BCUT2D eigenvalue weighted by atomic mass is 10.1. The number of ketones is 1. The SMILES string of the molecule is CN[C@H](C)CCC(C)=O. The molecule has 0 saturated carbocycles. The molecule has 0 bridgehead atoms. The molecule has 0 aromatic carbocycles. The molecule has 54 valence electrons. The van der Waals surface area contributed by atoms with E-state index < -0.39 is 0 Å². The molecule has 0 aliphatic carbocycles. The van der Waals surface area contributed by atoms with Crippen molar-refractivity contribution in [3.63, 3.8) is 0 Å². The van der Waals surface area contributed by atoms with E-state index in [0.29, 0.717) is 12.5 Å². The summed E-state index contributed by atoms with van der Waals surface area (Å²) < 4.78 is 0. The average molecular weight is 129 g/mol. The summed E-state index contributed by atoms with van der Waals surface area (Å²) in [5.41, 5.74) is 0. The maximum absolute atomic E-state index is 10.4. The molecule has 0 aliphatic rings. The molecule has 0 radical (unpaired) electrons. The van der Waals surface area contributed by atoms with E-state index in [1.165, 1.54) is 0 Å². The van der Waals surface area contributed by atoms with Gasteiger partial charge in [-0.05, 0) is 27.3 Å². The van der Waals surface area contributed by atoms with Gasteiger partial charge in [0, 0.05) is 12.5 Å². The lowest BCUT2D eigenvalue weighted by Crippen LogP contribution is -2.21. The number of nitrogens with one attached hydrogen (secondary N) is 1. The fourth-order valence-electron chi connectivity index (χ4n) is 0.564. The van der Waals surface area contributed by atoms with Crippen molar-refractivity contribution in [3.05, 3.63) is 0 Å². The number of hydrogen-bond donors (Lipinski definition) is 1. The van der Waals surface area contributed by atoms with Crippen LogP contribution in [0.15, 0.2) is 0 Å². The van der Waals surface area contributed by atoms with Crippen LogP contribution >= 0.6 is 0 Å². The fraction of sp³-hybridized carbons (Fsp3) is 0.857. The van der Waals surface area contributed by atoms with Gasteiger partial charge in [0.25, 0.3) is 0 Å². The number of hydrogen-bond acceptors (Lipinski definition) is 2. The van der Waals surface area contributed by atoms with Gasteiger partial charge in [0.2, 0.25) is 0 Å². The van der Waals surface area contributed by atoms with Gasteiger partial charge in [-0.1, -0.05) is 0 Å². The number of Topliss-reactive ketones (excluding diaryl/α,β-unsaturated/α-hetero) is 1. The Morgan fingerprint density at radius 3 is 2.56 bits per heavy atom. The molecule has 9 heavy (non-hydrogen) atoms. The predicted molar refractivity (Wildman–Crippen MR) is 38.4 cm³/mol. The molecule has 0 saturated heterocycles. The number of carbonyl (C=O) groups excluding carboxylic acids is 1. The van der Waals surface area contributed by atoms with Crippen molar-refractivity contribution < 1.29 is 4.79 Å². The molecule has 2 nitrogen and oxygen atoms in total. The van der Waals surface area contributed by atoms with E-state index in [0.717, 1.165) is 6.42 Å². The predicted octanol–water partition coefficient (Wildman–Crippen LogP) is 0.963. The third kappa shape index (κ3) is 5.50. The average Bonchev–Trinajstić information content (AvgIpc) is 1.83. The van der Waals surface area contributed by atoms with Crippen LogP contribution in [0.1, 0.15) is 26.7 Å². The van der Waals surface area contributed by atoms with Crippen LogP contribution in [0.4, 0.5) is 0 Å². The summed E-state index contributed by atoms with van der Waals surface area (Å²) >= 11 is 0. The van der Waals surface area contributed by atoms with Crippen molar-refractivity contribution in [1.82, 2.24) is 5.32 Å². The van der Waals surface area contributed by atoms with Crippen LogP contribution in [0.3, 0.4) is 0 Å². The van der Waals surface area contributed by atoms with Crippen molar-refractivity contribution in [2.45, 2.75) is 32.7 Å². The Labute approximate surface area is 56.6 Å². The Kier molecular flexibility index (Phi) is 4.32. The van der Waals surface area contributed by atoms with Gasteiger partial charge in [0.05, 0.1) is 0 Å². The van der Waals surface area contributed by atoms with Crippen molar-refractivity contribution in [2.24, 2.45) is 0 Å². The third-order valence-corrected chi connectivity index (χ3v) is 1.42. The molecule has 0 rings (SSSR count). The Balaban J connectivity index is 3.16. The van der Waals surface area contributed by atoms with Gasteiger partial charge in [-0.3, -0.25) is 0 Å². The molecule has 0 aromatic rings. The zero-order valence-electron chi connectivity index (χ0n) is 6.40. The summed E-state index contributed by atoms with van der Waals surface area (Å²) in [5.74, 6) is 0.275. The first-order valence-electron chi connectivity index (χ1n) is 3.33. The van der Waals surface area contributed by atoms with E-state index in [2.05, 4.69) is 12.2 Å². The van der Waals surface area contributed by atoms with Crippen LogP contribution in [-0.2, 0) is 4.79 Å². The van der Waals surface area contributed by atoms with Crippen LogP contribution in [0.2, 0.25) is 0 Å². The van der Waals surface area contributed by atoms with Crippen molar-refractivity contribution in [2.75, 3.05) is 7.05 Å². The zero-order valence-corrected chi connectivity index (χ0v) is 6.40. The summed E-state index contributed by atoms with van der Waals surface area (Å²) in [6.45, 7) is 3.70. The molecule has 0 fully saturated rings. The van der Waals surface area contributed by atoms with E-state index in [9.17, 15) is 4.79 Å². The van der Waals surface area contributed by atoms with Crippen LogP contribution in [0, 0.1) is 0 Å². The molecule has 0 unspecified atom stereocenters. The largest absolute Gasteiger partial charge is 0.317 e. The molecule has 1 N–H and O–H groups in total. The van der Waals surface area contributed by atoms with Gasteiger partial charge in [0.1, 0.15) is 5.78 Å². The van der Waals surface area contributed by atoms with Crippen LogP contribution < -0.4 is 5.32 Å². The molecule has 0 heterocycles. The molecule has 2 heteroatoms.